The molecule has 0 radical (unpaired) electrons. The molecule has 0 unspecified atom stereocenters. The fourth-order valence-electron chi connectivity index (χ4n) is 2.15. The molecule has 16 heavy (non-hydrogen) atoms. The zero-order valence-electron chi connectivity index (χ0n) is 8.64. The lowest BCUT2D eigenvalue weighted by atomic mass is 9.99. The van der Waals surface area contributed by atoms with E-state index in [0.717, 1.165) is 21.5 Å². The molecule has 3 rings (SSSR count). The lowest BCUT2D eigenvalue weighted by Gasteiger charge is -2.09. The highest BCUT2D eigenvalue weighted by Crippen LogP contribution is 2.38. The van der Waals surface area contributed by atoms with Gasteiger partial charge in [-0.3, -0.25) is 0 Å². The van der Waals surface area contributed by atoms with E-state index in [9.17, 15) is 5.11 Å². The molecule has 78 valence electrons. The Morgan fingerprint density at radius 2 is 1.12 bits per heavy atom. The summed E-state index contributed by atoms with van der Waals surface area (Å²) in [7, 11) is 0. The minimum atomic E-state index is 0.175. The zero-order valence-corrected chi connectivity index (χ0v) is 8.64. The molecule has 0 heterocycles. The summed E-state index contributed by atoms with van der Waals surface area (Å²) in [5, 5.41) is 13.8. The van der Waals surface area contributed by atoms with Crippen LogP contribution in [-0.2, 0) is 0 Å². The van der Waals surface area contributed by atoms with Crippen molar-refractivity contribution >= 4 is 27.2 Å². The largest absolute Gasteiger partial charge is 0.505 e. The molecular formula is C14H11NO. The molecule has 0 aliphatic rings. The van der Waals surface area contributed by atoms with Crippen molar-refractivity contribution in [3.63, 3.8) is 0 Å². The first-order chi connectivity index (χ1) is 7.79. The summed E-state index contributed by atoms with van der Waals surface area (Å²) in [5.41, 5.74) is 6.39. The maximum absolute atomic E-state index is 10.0. The molecule has 0 aliphatic carbocycles. The van der Waals surface area contributed by atoms with Crippen molar-refractivity contribution in [3.05, 3.63) is 48.5 Å². The molecule has 0 amide bonds. The average molecular weight is 209 g/mol. The van der Waals surface area contributed by atoms with E-state index >= 15 is 0 Å². The second-order valence-corrected chi connectivity index (χ2v) is 3.85. The van der Waals surface area contributed by atoms with Gasteiger partial charge in [-0.2, -0.15) is 0 Å². The van der Waals surface area contributed by atoms with Crippen LogP contribution in [0.2, 0.25) is 0 Å². The summed E-state index contributed by atoms with van der Waals surface area (Å²) in [6, 6.07) is 15.6. The highest BCUT2D eigenvalue weighted by atomic mass is 16.3. The van der Waals surface area contributed by atoms with Crippen LogP contribution in [0.25, 0.3) is 21.5 Å². The van der Waals surface area contributed by atoms with Crippen LogP contribution in [0.1, 0.15) is 0 Å². The predicted molar refractivity (Wildman–Crippen MR) is 67.5 cm³/mol. The molecule has 0 spiro atoms. The molecule has 2 heteroatoms. The Kier molecular flexibility index (Phi) is 1.77. The van der Waals surface area contributed by atoms with Gasteiger partial charge in [0.25, 0.3) is 0 Å². The van der Waals surface area contributed by atoms with Crippen molar-refractivity contribution < 1.29 is 5.11 Å². The number of aromatic hydroxyl groups is 1. The molecule has 0 fully saturated rings. The van der Waals surface area contributed by atoms with Gasteiger partial charge in [-0.05, 0) is 10.8 Å². The Labute approximate surface area is 92.9 Å². The van der Waals surface area contributed by atoms with E-state index in [-0.39, 0.29) is 5.75 Å². The van der Waals surface area contributed by atoms with Gasteiger partial charge in [0, 0.05) is 10.8 Å². The number of phenols is 1. The Balaban J connectivity index is 2.69. The normalized spacial score (nSPS) is 11.0. The molecular weight excluding hydrogens is 198 g/mol. The van der Waals surface area contributed by atoms with Crippen LogP contribution in [0.5, 0.6) is 5.75 Å². The summed E-state index contributed by atoms with van der Waals surface area (Å²) >= 11 is 0. The van der Waals surface area contributed by atoms with Gasteiger partial charge >= 0.3 is 0 Å². The molecule has 0 saturated heterocycles. The number of rotatable bonds is 0. The van der Waals surface area contributed by atoms with Crippen LogP contribution in [0.15, 0.2) is 48.5 Å². The van der Waals surface area contributed by atoms with Crippen LogP contribution >= 0.6 is 0 Å². The smallest absolute Gasteiger partial charge is 0.146 e. The Hall–Kier alpha value is -2.22. The fraction of sp³-hybridized carbons (Fsp3) is 0. The monoisotopic (exact) mass is 209 g/mol. The van der Waals surface area contributed by atoms with Crippen LogP contribution in [0, 0.1) is 0 Å². The number of anilines is 1. The van der Waals surface area contributed by atoms with E-state index in [0.29, 0.717) is 5.69 Å². The molecule has 3 aromatic carbocycles. The van der Waals surface area contributed by atoms with Crippen LogP contribution in [-0.4, -0.2) is 5.11 Å². The van der Waals surface area contributed by atoms with Crippen LogP contribution in [0.3, 0.4) is 0 Å². The average Bonchev–Trinajstić information content (AvgIpc) is 2.36. The first kappa shape index (κ1) is 9.04. The van der Waals surface area contributed by atoms with Crippen LogP contribution < -0.4 is 5.73 Å². The Bertz CT molecular complexity index is 628. The van der Waals surface area contributed by atoms with Gasteiger partial charge in [0.05, 0.1) is 5.69 Å². The SMILES string of the molecule is Nc1c(O)c2ccccc2c2ccccc12. The molecule has 0 atom stereocenters. The van der Waals surface area contributed by atoms with Crippen molar-refractivity contribution in [1.29, 1.82) is 0 Å². The van der Waals surface area contributed by atoms with E-state index < -0.39 is 0 Å². The second kappa shape index (κ2) is 3.14. The first-order valence-corrected chi connectivity index (χ1v) is 5.17. The molecule has 0 bridgehead atoms. The van der Waals surface area contributed by atoms with Gasteiger partial charge in [-0.25, -0.2) is 0 Å². The Morgan fingerprint density at radius 3 is 1.75 bits per heavy atom. The van der Waals surface area contributed by atoms with Crippen molar-refractivity contribution in [2.45, 2.75) is 0 Å². The molecule has 0 aromatic heterocycles. The summed E-state index contributed by atoms with van der Waals surface area (Å²) in [6.45, 7) is 0. The zero-order chi connectivity index (χ0) is 11.1. The van der Waals surface area contributed by atoms with Crippen molar-refractivity contribution in [2.24, 2.45) is 0 Å². The van der Waals surface area contributed by atoms with Crippen molar-refractivity contribution in [3.8, 4) is 5.75 Å². The van der Waals surface area contributed by atoms with Gasteiger partial charge in [0.15, 0.2) is 0 Å². The highest BCUT2D eigenvalue weighted by Gasteiger charge is 2.09. The van der Waals surface area contributed by atoms with Crippen molar-refractivity contribution in [1.82, 2.24) is 0 Å². The third kappa shape index (κ3) is 1.07. The predicted octanol–water partition coefficient (Wildman–Crippen LogP) is 3.28. The topological polar surface area (TPSA) is 46.2 Å². The molecule has 3 aromatic rings. The summed E-state index contributed by atoms with van der Waals surface area (Å²) in [5.74, 6) is 0.175. The van der Waals surface area contributed by atoms with E-state index in [1.807, 2.05) is 48.5 Å². The van der Waals surface area contributed by atoms with Crippen LogP contribution in [0.4, 0.5) is 5.69 Å². The van der Waals surface area contributed by atoms with E-state index in [1.165, 1.54) is 0 Å². The first-order valence-electron chi connectivity index (χ1n) is 5.17. The minimum absolute atomic E-state index is 0.175. The number of fused-ring (bicyclic) bond motifs is 3. The summed E-state index contributed by atoms with van der Waals surface area (Å²) in [4.78, 5) is 0. The van der Waals surface area contributed by atoms with Gasteiger partial charge in [0.1, 0.15) is 5.75 Å². The number of phenolic OH excluding ortho intramolecular Hbond substituents is 1. The minimum Gasteiger partial charge on any atom is -0.505 e. The van der Waals surface area contributed by atoms with E-state index in [1.54, 1.807) is 0 Å². The van der Waals surface area contributed by atoms with E-state index in [2.05, 4.69) is 0 Å². The van der Waals surface area contributed by atoms with Gasteiger partial charge in [-0.1, -0.05) is 48.5 Å². The summed E-state index contributed by atoms with van der Waals surface area (Å²) in [6.07, 6.45) is 0. The third-order valence-corrected chi connectivity index (χ3v) is 2.94. The second-order valence-electron chi connectivity index (χ2n) is 3.85. The Morgan fingerprint density at radius 1 is 0.688 bits per heavy atom. The molecule has 3 N–H and O–H groups in total. The van der Waals surface area contributed by atoms with Gasteiger partial charge < -0.3 is 10.8 Å². The number of hydrogen-bond acceptors (Lipinski definition) is 2. The standard InChI is InChI=1S/C14H11NO/c15-13-11-7-3-1-5-9(11)10-6-2-4-8-12(10)14(13)16/h1-8,16H,15H2. The maximum atomic E-state index is 10.0. The van der Waals surface area contributed by atoms with E-state index in [4.69, 9.17) is 5.73 Å². The fourth-order valence-corrected chi connectivity index (χ4v) is 2.15. The molecule has 2 nitrogen and oxygen atoms in total. The van der Waals surface area contributed by atoms with Gasteiger partial charge in [0.2, 0.25) is 0 Å². The third-order valence-electron chi connectivity index (χ3n) is 2.94. The quantitative estimate of drug-likeness (QED) is 0.339. The lowest BCUT2D eigenvalue weighted by Crippen LogP contribution is -1.89. The number of nitrogens with two attached hydrogens (primary N) is 1. The maximum Gasteiger partial charge on any atom is 0.146 e. The lowest BCUT2D eigenvalue weighted by molar-refractivity contribution is 0.485. The summed E-state index contributed by atoms with van der Waals surface area (Å²) < 4.78 is 0. The van der Waals surface area contributed by atoms with Crippen molar-refractivity contribution in [2.75, 3.05) is 5.73 Å². The number of hydrogen-bond donors (Lipinski definition) is 2. The molecule has 0 saturated carbocycles. The number of benzene rings is 3. The highest BCUT2D eigenvalue weighted by molar-refractivity contribution is 6.15. The molecule has 0 aliphatic heterocycles. The van der Waals surface area contributed by atoms with Gasteiger partial charge in [-0.15, -0.1) is 0 Å². The number of nitrogen functional groups attached to an aromatic ring is 1.